The Morgan fingerprint density at radius 3 is 1.88 bits per heavy atom. The average Bonchev–Trinajstić information content (AvgIpc) is 3.53. The molecule has 1 aliphatic heterocycles. The van der Waals surface area contributed by atoms with E-state index in [-0.39, 0.29) is 0 Å². The standard InChI is InChI=1S/C43H25N3O2/c1-3-10-26(11-4-1)28-18-20-32-33-15-9-16-34-35(22-23-37(40(33)34)48-38(32)24-28)43-45-41(27-12-5-2-6-13-27)44-42(46-43)29-19-21-31-30-14-7-8-17-36(30)47-39(31)25-29/h1-25H. The first-order valence-corrected chi connectivity index (χ1v) is 15.9. The zero-order valence-corrected chi connectivity index (χ0v) is 25.6. The quantitative estimate of drug-likeness (QED) is 0.197. The molecule has 0 radical (unpaired) electrons. The van der Waals surface area contributed by atoms with Gasteiger partial charge in [-0.3, -0.25) is 0 Å². The number of fused-ring (bicyclic) bond motifs is 5. The predicted molar refractivity (Wildman–Crippen MR) is 192 cm³/mol. The molecule has 48 heavy (non-hydrogen) atoms. The van der Waals surface area contributed by atoms with Crippen LogP contribution in [0.1, 0.15) is 0 Å². The van der Waals surface area contributed by atoms with Crippen LogP contribution in [-0.2, 0) is 0 Å². The molecule has 0 unspecified atom stereocenters. The summed E-state index contributed by atoms with van der Waals surface area (Å²) in [6.45, 7) is 0. The Kier molecular flexibility index (Phi) is 5.81. The van der Waals surface area contributed by atoms with Crippen LogP contribution < -0.4 is 4.74 Å². The Bertz CT molecular complexity index is 2700. The monoisotopic (exact) mass is 615 g/mol. The summed E-state index contributed by atoms with van der Waals surface area (Å²) in [5.74, 6) is 3.44. The maximum atomic E-state index is 6.59. The first-order valence-electron chi connectivity index (χ1n) is 15.9. The van der Waals surface area contributed by atoms with Crippen molar-refractivity contribution < 1.29 is 9.15 Å². The lowest BCUT2D eigenvalue weighted by Crippen LogP contribution is -2.02. The summed E-state index contributed by atoms with van der Waals surface area (Å²) in [6, 6.07) is 51.6. The van der Waals surface area contributed by atoms with Crippen LogP contribution >= 0.6 is 0 Å². The van der Waals surface area contributed by atoms with Crippen molar-refractivity contribution in [2.75, 3.05) is 0 Å². The molecule has 1 aliphatic rings. The largest absolute Gasteiger partial charge is 0.456 e. The molecule has 9 aromatic rings. The first kappa shape index (κ1) is 26.6. The highest BCUT2D eigenvalue weighted by Crippen LogP contribution is 2.49. The van der Waals surface area contributed by atoms with Crippen molar-refractivity contribution in [1.82, 2.24) is 15.0 Å². The Hall–Kier alpha value is -6.59. The topological polar surface area (TPSA) is 61.0 Å². The maximum absolute atomic E-state index is 6.59. The van der Waals surface area contributed by atoms with E-state index < -0.39 is 0 Å². The number of rotatable bonds is 4. The third-order valence-corrected chi connectivity index (χ3v) is 9.15. The molecule has 5 heteroatoms. The second-order valence-corrected chi connectivity index (χ2v) is 12.0. The second kappa shape index (κ2) is 10.5. The number of hydrogen-bond acceptors (Lipinski definition) is 5. The summed E-state index contributed by atoms with van der Waals surface area (Å²) >= 11 is 0. The Morgan fingerprint density at radius 1 is 0.354 bits per heavy atom. The zero-order valence-electron chi connectivity index (χ0n) is 25.6. The average molecular weight is 616 g/mol. The lowest BCUT2D eigenvalue weighted by atomic mass is 9.91. The maximum Gasteiger partial charge on any atom is 0.164 e. The van der Waals surface area contributed by atoms with Crippen molar-refractivity contribution in [1.29, 1.82) is 0 Å². The van der Waals surface area contributed by atoms with Gasteiger partial charge >= 0.3 is 0 Å². The van der Waals surface area contributed by atoms with Crippen LogP contribution in [0.25, 0.3) is 89.1 Å². The zero-order chi connectivity index (χ0) is 31.6. The molecule has 3 heterocycles. The molecule has 0 N–H and O–H groups in total. The van der Waals surface area contributed by atoms with Crippen LogP contribution in [0.4, 0.5) is 0 Å². The third kappa shape index (κ3) is 4.22. The molecular weight excluding hydrogens is 590 g/mol. The summed E-state index contributed by atoms with van der Waals surface area (Å²) in [4.78, 5) is 15.1. The summed E-state index contributed by atoms with van der Waals surface area (Å²) in [5.41, 5.74) is 8.80. The van der Waals surface area contributed by atoms with Crippen molar-refractivity contribution in [3.8, 4) is 67.9 Å². The highest BCUT2D eigenvalue weighted by Gasteiger charge is 2.24. The molecule has 0 atom stereocenters. The number of nitrogens with zero attached hydrogens (tertiary/aromatic N) is 3. The molecular formula is C43H25N3O2. The van der Waals surface area contributed by atoms with Gasteiger partial charge in [-0.05, 0) is 64.5 Å². The highest BCUT2D eigenvalue weighted by atomic mass is 16.5. The van der Waals surface area contributed by atoms with Gasteiger partial charge in [0.15, 0.2) is 17.5 Å². The van der Waals surface area contributed by atoms with Gasteiger partial charge in [-0.15, -0.1) is 0 Å². The molecule has 10 rings (SSSR count). The van der Waals surface area contributed by atoms with Gasteiger partial charge in [0.25, 0.3) is 0 Å². The van der Waals surface area contributed by atoms with Gasteiger partial charge in [-0.1, -0.05) is 109 Å². The van der Waals surface area contributed by atoms with Gasteiger partial charge in [0.2, 0.25) is 0 Å². The van der Waals surface area contributed by atoms with Crippen molar-refractivity contribution in [2.45, 2.75) is 0 Å². The lowest BCUT2D eigenvalue weighted by molar-refractivity contribution is 0.487. The van der Waals surface area contributed by atoms with Gasteiger partial charge in [0.05, 0.1) is 0 Å². The molecule has 224 valence electrons. The number of aromatic nitrogens is 3. The van der Waals surface area contributed by atoms with Gasteiger partial charge in [-0.25, -0.2) is 15.0 Å². The second-order valence-electron chi connectivity index (χ2n) is 12.0. The molecule has 0 saturated heterocycles. The van der Waals surface area contributed by atoms with E-state index in [9.17, 15) is 0 Å². The van der Waals surface area contributed by atoms with Crippen LogP contribution in [0, 0.1) is 0 Å². The molecule has 0 spiro atoms. The number of benzene rings is 7. The number of furan rings is 1. The lowest BCUT2D eigenvalue weighted by Gasteiger charge is -2.23. The van der Waals surface area contributed by atoms with Crippen LogP contribution in [0.15, 0.2) is 156 Å². The Morgan fingerprint density at radius 2 is 1.02 bits per heavy atom. The van der Waals surface area contributed by atoms with E-state index in [0.29, 0.717) is 17.5 Å². The van der Waals surface area contributed by atoms with Crippen molar-refractivity contribution in [3.63, 3.8) is 0 Å². The van der Waals surface area contributed by atoms with Gasteiger partial charge in [0.1, 0.15) is 22.7 Å². The van der Waals surface area contributed by atoms with Crippen LogP contribution in [0.2, 0.25) is 0 Å². The third-order valence-electron chi connectivity index (χ3n) is 9.15. The molecule has 0 fully saturated rings. The van der Waals surface area contributed by atoms with Crippen molar-refractivity contribution in [3.05, 3.63) is 152 Å². The number of ether oxygens (including phenoxy) is 1. The van der Waals surface area contributed by atoms with Crippen LogP contribution in [0.5, 0.6) is 11.5 Å². The van der Waals surface area contributed by atoms with E-state index >= 15 is 0 Å². The van der Waals surface area contributed by atoms with E-state index in [0.717, 1.165) is 83.2 Å². The highest BCUT2D eigenvalue weighted by molar-refractivity contribution is 6.10. The molecule has 0 amide bonds. The van der Waals surface area contributed by atoms with Gasteiger partial charge < -0.3 is 9.15 Å². The number of para-hydroxylation sites is 1. The Labute approximate surface area is 275 Å². The molecule has 0 bridgehead atoms. The van der Waals surface area contributed by atoms with Crippen LogP contribution in [-0.4, -0.2) is 15.0 Å². The fourth-order valence-corrected chi connectivity index (χ4v) is 6.84. The molecule has 0 aliphatic carbocycles. The summed E-state index contributed by atoms with van der Waals surface area (Å²) in [6.07, 6.45) is 0. The smallest absolute Gasteiger partial charge is 0.164 e. The van der Waals surface area contributed by atoms with Crippen molar-refractivity contribution >= 4 is 32.7 Å². The fourth-order valence-electron chi connectivity index (χ4n) is 6.84. The summed E-state index contributed by atoms with van der Waals surface area (Å²) < 4.78 is 12.8. The minimum Gasteiger partial charge on any atom is -0.456 e. The first-order chi connectivity index (χ1) is 23.8. The van der Waals surface area contributed by atoms with Crippen molar-refractivity contribution in [2.24, 2.45) is 0 Å². The number of hydrogen-bond donors (Lipinski definition) is 0. The van der Waals surface area contributed by atoms with Gasteiger partial charge in [-0.2, -0.15) is 0 Å². The molecule has 5 nitrogen and oxygen atoms in total. The van der Waals surface area contributed by atoms with E-state index in [4.69, 9.17) is 24.1 Å². The van der Waals surface area contributed by atoms with Gasteiger partial charge in [0, 0.05) is 38.4 Å². The van der Waals surface area contributed by atoms with E-state index in [1.807, 2.05) is 66.7 Å². The SMILES string of the molecule is c1ccc(-c2ccc3c(c2)Oc2ccc(-c4nc(-c5ccccc5)nc(-c5ccc6c(c5)oc5ccccc56)n4)c4cccc-3c24)cc1. The summed E-state index contributed by atoms with van der Waals surface area (Å²) in [5, 5.41) is 4.21. The molecule has 0 saturated carbocycles. The molecule has 2 aromatic heterocycles. The predicted octanol–water partition coefficient (Wildman–Crippen LogP) is 11.4. The summed E-state index contributed by atoms with van der Waals surface area (Å²) in [7, 11) is 0. The minimum absolute atomic E-state index is 0.580. The Balaban J connectivity index is 1.15. The fraction of sp³-hybridized carbons (Fsp3) is 0. The van der Waals surface area contributed by atoms with Crippen LogP contribution in [0.3, 0.4) is 0 Å². The van der Waals surface area contributed by atoms with E-state index in [1.165, 1.54) is 0 Å². The van der Waals surface area contributed by atoms with E-state index in [1.54, 1.807) is 0 Å². The van der Waals surface area contributed by atoms with E-state index in [2.05, 4.69) is 84.9 Å². The normalized spacial score (nSPS) is 11.9. The molecule has 7 aromatic carbocycles. The minimum atomic E-state index is 0.580.